The van der Waals surface area contributed by atoms with Crippen LogP contribution in [0, 0.1) is 3.57 Å². The summed E-state index contributed by atoms with van der Waals surface area (Å²) in [6.07, 6.45) is -4.65. The zero-order chi connectivity index (χ0) is 31.3. The van der Waals surface area contributed by atoms with Crippen molar-refractivity contribution in [3.05, 3.63) is 20.3 Å². The first-order valence-corrected chi connectivity index (χ1v) is 17.7. The fourth-order valence-electron chi connectivity index (χ4n) is 3.54. The van der Waals surface area contributed by atoms with Crippen LogP contribution < -0.4 is 11.4 Å². The second kappa shape index (κ2) is 18.9. The Labute approximate surface area is 249 Å². The van der Waals surface area contributed by atoms with Gasteiger partial charge in [-0.25, -0.2) is 4.79 Å². The topological polar surface area (TPSA) is 221 Å². The normalized spacial score (nSPS) is 22.4. The van der Waals surface area contributed by atoms with Gasteiger partial charge in [0.25, 0.3) is 0 Å². The molecule has 1 fully saturated rings. The number of hydrogen-bond donors (Lipinski definition) is 6. The van der Waals surface area contributed by atoms with E-state index >= 15 is 0 Å². The number of aromatic nitrogens is 2. The summed E-state index contributed by atoms with van der Waals surface area (Å²) in [4.78, 5) is 47.1. The van der Waals surface area contributed by atoms with Crippen molar-refractivity contribution in [2.24, 2.45) is 0 Å². The Balaban J connectivity index is 0.000000894. The van der Waals surface area contributed by atoms with Crippen molar-refractivity contribution in [2.75, 3.05) is 57.5 Å². The number of halogens is 1. The number of nitrogens with two attached hydrogens (primary N) is 1. The van der Waals surface area contributed by atoms with Crippen molar-refractivity contribution in [1.82, 2.24) is 19.4 Å². The number of aliphatic hydroxyl groups is 2. The van der Waals surface area contributed by atoms with Gasteiger partial charge in [-0.05, 0) is 61.9 Å². The SMILES string of the molecule is CCN(CC)CC.CCN(CC)CC.Nc1nc(=O)n([C@@H]2O[C@H](COP(=O)(O)CP(=O)(O)O)[C@@H](O)[C@H]2O)cc1I. The first kappa shape index (κ1) is 39.5. The molecule has 1 aromatic heterocycles. The summed E-state index contributed by atoms with van der Waals surface area (Å²) >= 11 is 1.79. The van der Waals surface area contributed by atoms with Crippen LogP contribution in [0.4, 0.5) is 5.82 Å². The maximum atomic E-state index is 11.9. The fraction of sp³-hybridized carbons (Fsp3) is 0.818. The minimum Gasteiger partial charge on any atom is -0.387 e. The van der Waals surface area contributed by atoms with E-state index < -0.39 is 57.9 Å². The highest BCUT2D eigenvalue weighted by atomic mass is 127. The number of rotatable bonds is 12. The van der Waals surface area contributed by atoms with Gasteiger partial charge < -0.3 is 49.7 Å². The van der Waals surface area contributed by atoms with Gasteiger partial charge in [0.1, 0.15) is 24.1 Å². The number of anilines is 1. The van der Waals surface area contributed by atoms with Gasteiger partial charge in [0, 0.05) is 6.20 Å². The molecule has 15 nitrogen and oxygen atoms in total. The van der Waals surface area contributed by atoms with Crippen molar-refractivity contribution in [3.8, 4) is 0 Å². The molecule has 1 aliphatic heterocycles. The molecule has 1 aromatic rings. The molecule has 7 N–H and O–H groups in total. The van der Waals surface area contributed by atoms with Crippen LogP contribution in [0.1, 0.15) is 47.8 Å². The summed E-state index contributed by atoms with van der Waals surface area (Å²) in [5.41, 5.74) is 4.64. The summed E-state index contributed by atoms with van der Waals surface area (Å²) in [5.74, 6) is -1.44. The number of nitrogens with zero attached hydrogens (tertiary/aromatic N) is 4. The minimum atomic E-state index is -4.81. The zero-order valence-electron chi connectivity index (χ0n) is 24.0. The smallest absolute Gasteiger partial charge is 0.351 e. The number of aliphatic hydroxyl groups excluding tert-OH is 2. The zero-order valence-corrected chi connectivity index (χ0v) is 27.9. The molecule has 0 aliphatic carbocycles. The van der Waals surface area contributed by atoms with Crippen LogP contribution in [0.5, 0.6) is 0 Å². The molecule has 1 aliphatic rings. The molecular formula is C22H46IN5O10P2. The van der Waals surface area contributed by atoms with Gasteiger partial charge in [0.05, 0.1) is 10.2 Å². The Morgan fingerprint density at radius 2 is 1.43 bits per heavy atom. The molecule has 0 amide bonds. The molecular weight excluding hydrogens is 683 g/mol. The van der Waals surface area contributed by atoms with E-state index in [-0.39, 0.29) is 5.82 Å². The highest BCUT2D eigenvalue weighted by Gasteiger charge is 2.45. The van der Waals surface area contributed by atoms with Crippen molar-refractivity contribution in [2.45, 2.75) is 66.1 Å². The van der Waals surface area contributed by atoms with Gasteiger partial charge in [-0.2, -0.15) is 4.98 Å². The molecule has 236 valence electrons. The molecule has 1 saturated heterocycles. The van der Waals surface area contributed by atoms with E-state index in [1.54, 1.807) is 22.6 Å². The average Bonchev–Trinajstić information content (AvgIpc) is 3.15. The Morgan fingerprint density at radius 3 is 1.80 bits per heavy atom. The van der Waals surface area contributed by atoms with Crippen molar-refractivity contribution < 1.29 is 43.3 Å². The predicted molar refractivity (Wildman–Crippen MR) is 161 cm³/mol. The van der Waals surface area contributed by atoms with Gasteiger partial charge >= 0.3 is 20.9 Å². The molecule has 0 radical (unpaired) electrons. The van der Waals surface area contributed by atoms with E-state index in [1.807, 2.05) is 0 Å². The van der Waals surface area contributed by atoms with Crippen LogP contribution in [-0.2, 0) is 18.4 Å². The first-order chi connectivity index (χ1) is 18.5. The lowest BCUT2D eigenvalue weighted by molar-refractivity contribution is -0.0524. The van der Waals surface area contributed by atoms with E-state index in [0.717, 1.165) is 4.57 Å². The number of nitrogen functional groups attached to an aromatic ring is 1. The maximum Gasteiger partial charge on any atom is 0.351 e. The second-order valence-electron chi connectivity index (χ2n) is 8.69. The first-order valence-electron chi connectivity index (χ1n) is 13.0. The number of ether oxygens (including phenoxy) is 1. The molecule has 2 rings (SSSR count). The molecule has 0 aromatic carbocycles. The van der Waals surface area contributed by atoms with Gasteiger partial charge in [-0.3, -0.25) is 13.7 Å². The van der Waals surface area contributed by atoms with E-state index in [4.69, 9.17) is 20.3 Å². The summed E-state index contributed by atoms with van der Waals surface area (Å²) in [7, 11) is -9.47. The molecule has 0 bridgehead atoms. The molecule has 40 heavy (non-hydrogen) atoms. The van der Waals surface area contributed by atoms with Crippen LogP contribution in [0.2, 0.25) is 0 Å². The van der Waals surface area contributed by atoms with Crippen molar-refractivity contribution in [1.29, 1.82) is 0 Å². The van der Waals surface area contributed by atoms with Crippen molar-refractivity contribution >= 4 is 43.6 Å². The van der Waals surface area contributed by atoms with Crippen LogP contribution in [0.3, 0.4) is 0 Å². The molecule has 0 saturated carbocycles. The quantitative estimate of drug-likeness (QED) is 0.131. The number of hydrogen-bond acceptors (Lipinski definition) is 11. The Bertz CT molecular complexity index is 999. The average molecular weight is 729 g/mol. The largest absolute Gasteiger partial charge is 0.387 e. The highest BCUT2D eigenvalue weighted by molar-refractivity contribution is 14.1. The third kappa shape index (κ3) is 14.1. The Morgan fingerprint density at radius 1 is 0.975 bits per heavy atom. The summed E-state index contributed by atoms with van der Waals surface area (Å²) in [5, 5.41) is 20.1. The van der Waals surface area contributed by atoms with Gasteiger partial charge in [0.2, 0.25) is 0 Å². The molecule has 1 unspecified atom stereocenters. The molecule has 0 spiro atoms. The monoisotopic (exact) mass is 729 g/mol. The van der Waals surface area contributed by atoms with Crippen LogP contribution >= 0.6 is 37.8 Å². The third-order valence-corrected chi connectivity index (χ3v) is 10.3. The lowest BCUT2D eigenvalue weighted by Gasteiger charge is -2.18. The van der Waals surface area contributed by atoms with Crippen molar-refractivity contribution in [3.63, 3.8) is 0 Å². The van der Waals surface area contributed by atoms with Crippen LogP contribution in [0.15, 0.2) is 11.0 Å². The van der Waals surface area contributed by atoms with Crippen LogP contribution in [-0.4, -0.2) is 114 Å². The van der Waals surface area contributed by atoms with Gasteiger partial charge in [-0.1, -0.05) is 41.5 Å². The van der Waals surface area contributed by atoms with E-state index in [9.17, 15) is 29.0 Å². The highest BCUT2D eigenvalue weighted by Crippen LogP contribution is 2.55. The minimum absolute atomic E-state index is 0.0292. The lowest BCUT2D eigenvalue weighted by atomic mass is 10.1. The van der Waals surface area contributed by atoms with E-state index in [0.29, 0.717) is 3.57 Å². The van der Waals surface area contributed by atoms with Crippen LogP contribution in [0.25, 0.3) is 0 Å². The standard InChI is InChI=1S/C10H16IN3O10P2.2C6H15N/c11-4-1-14(10(17)13-8(4)12)9-7(16)6(15)5(24-9)2-23-26(21,22)3-25(18,19)20;2*1-4-7(5-2)6-3/h1,5-7,9,15-16H,2-3H2,(H,21,22)(H2,12,13,17)(H2,18,19,20);2*4-6H2,1-3H3/t5-,6-,7-,9-;;/m1../s1. The lowest BCUT2D eigenvalue weighted by Crippen LogP contribution is -2.36. The molecule has 2 heterocycles. The second-order valence-corrected chi connectivity index (χ2v) is 13.8. The Hall–Kier alpha value is -0.490. The maximum absolute atomic E-state index is 11.9. The third-order valence-electron chi connectivity index (χ3n) is 6.03. The van der Waals surface area contributed by atoms with E-state index in [2.05, 4.69) is 60.8 Å². The Kier molecular flexibility index (Phi) is 18.7. The molecule has 18 heteroatoms. The van der Waals surface area contributed by atoms with E-state index in [1.165, 1.54) is 45.5 Å². The van der Waals surface area contributed by atoms with Gasteiger partial charge in [-0.15, -0.1) is 0 Å². The summed E-state index contributed by atoms with van der Waals surface area (Å²) in [6, 6.07) is 0. The fourth-order valence-corrected chi connectivity index (χ4v) is 6.53. The summed E-state index contributed by atoms with van der Waals surface area (Å²) in [6.45, 7) is 19.5. The summed E-state index contributed by atoms with van der Waals surface area (Å²) < 4.78 is 33.6. The predicted octanol–water partition coefficient (Wildman–Crippen LogP) is 1.08. The molecule has 5 atom stereocenters. The van der Waals surface area contributed by atoms with Gasteiger partial charge in [0.15, 0.2) is 12.1 Å².